The van der Waals surface area contributed by atoms with Gasteiger partial charge < -0.3 is 19.8 Å². The summed E-state index contributed by atoms with van der Waals surface area (Å²) in [5, 5.41) is 5.11. The molecule has 2 amide bonds. The van der Waals surface area contributed by atoms with Crippen molar-refractivity contribution in [1.29, 1.82) is 0 Å². The van der Waals surface area contributed by atoms with Crippen LogP contribution in [0.3, 0.4) is 0 Å². The van der Waals surface area contributed by atoms with Crippen LogP contribution in [0.25, 0.3) is 0 Å². The molecule has 0 bridgehead atoms. The van der Waals surface area contributed by atoms with Gasteiger partial charge in [-0.05, 0) is 19.1 Å². The molecule has 0 saturated heterocycles. The van der Waals surface area contributed by atoms with Gasteiger partial charge in [0.15, 0.2) is 0 Å². The zero-order valence-electron chi connectivity index (χ0n) is 10.5. The number of rotatable bonds is 3. The third kappa shape index (κ3) is 2.58. The summed E-state index contributed by atoms with van der Waals surface area (Å²) in [6, 6.07) is 2.30. The Morgan fingerprint density at radius 2 is 2.26 bits per heavy atom. The van der Waals surface area contributed by atoms with Gasteiger partial charge >= 0.3 is 12.0 Å². The minimum absolute atomic E-state index is 0.00591. The molecule has 102 valence electrons. The zero-order valence-corrected chi connectivity index (χ0v) is 11.2. The van der Waals surface area contributed by atoms with Gasteiger partial charge in [0.25, 0.3) is 0 Å². The van der Waals surface area contributed by atoms with E-state index in [0.717, 1.165) is 0 Å². The van der Waals surface area contributed by atoms with Crippen LogP contribution >= 0.6 is 11.6 Å². The minimum atomic E-state index is -0.705. The smallest absolute Gasteiger partial charge is 0.338 e. The molecule has 0 fully saturated rings. The van der Waals surface area contributed by atoms with Crippen molar-refractivity contribution >= 4 is 23.6 Å². The number of alkyl halides is 1. The Kier molecular flexibility index (Phi) is 3.80. The van der Waals surface area contributed by atoms with E-state index in [9.17, 15) is 9.59 Å². The third-order valence-electron chi connectivity index (χ3n) is 2.74. The molecule has 1 unspecified atom stereocenters. The van der Waals surface area contributed by atoms with Crippen LogP contribution in [0.15, 0.2) is 27.8 Å². The summed E-state index contributed by atoms with van der Waals surface area (Å²) in [6.07, 6.45) is 0. The fraction of sp³-hybridized carbons (Fsp3) is 0.333. The summed E-state index contributed by atoms with van der Waals surface area (Å²) >= 11 is 5.76. The van der Waals surface area contributed by atoms with Gasteiger partial charge in [0.1, 0.15) is 17.6 Å². The molecule has 1 aromatic rings. The Hall–Kier alpha value is -1.95. The number of aryl methyl sites for hydroxylation is 1. The first-order chi connectivity index (χ1) is 9.06. The predicted molar refractivity (Wildman–Crippen MR) is 67.6 cm³/mol. The standard InChI is InChI=1S/C12H13ClN2O4/c1-6-3-4-8(19-6)10-9(11(16)18-2)7(5-13)14-12(17)15-10/h3-4,10H,5H2,1-2H3,(H2,14,15,17). The second-order valence-corrected chi connectivity index (χ2v) is 4.26. The van der Waals surface area contributed by atoms with Crippen LogP contribution in [-0.2, 0) is 9.53 Å². The highest BCUT2D eigenvalue weighted by atomic mass is 35.5. The molecular weight excluding hydrogens is 272 g/mol. The molecule has 1 atom stereocenters. The number of carbonyl (C=O) groups excluding carboxylic acids is 2. The number of esters is 1. The van der Waals surface area contributed by atoms with E-state index in [1.807, 2.05) is 0 Å². The predicted octanol–water partition coefficient (Wildman–Crippen LogP) is 1.61. The fourth-order valence-electron chi connectivity index (χ4n) is 1.90. The number of amides is 2. The maximum Gasteiger partial charge on any atom is 0.338 e. The van der Waals surface area contributed by atoms with Crippen molar-refractivity contribution in [3.8, 4) is 0 Å². The number of ether oxygens (including phenoxy) is 1. The normalized spacial score (nSPS) is 18.9. The Labute approximate surface area is 114 Å². The summed E-state index contributed by atoms with van der Waals surface area (Å²) in [5.41, 5.74) is 0.558. The minimum Gasteiger partial charge on any atom is -0.466 e. The summed E-state index contributed by atoms with van der Waals surface area (Å²) < 4.78 is 10.2. The van der Waals surface area contributed by atoms with Crippen LogP contribution in [0.1, 0.15) is 17.6 Å². The van der Waals surface area contributed by atoms with Crippen LogP contribution < -0.4 is 10.6 Å². The van der Waals surface area contributed by atoms with Gasteiger partial charge in [-0.15, -0.1) is 11.6 Å². The number of hydrogen-bond donors (Lipinski definition) is 2. The second-order valence-electron chi connectivity index (χ2n) is 4.00. The lowest BCUT2D eigenvalue weighted by Gasteiger charge is -2.26. The van der Waals surface area contributed by atoms with Gasteiger partial charge in [0.05, 0.1) is 18.6 Å². The molecule has 7 heteroatoms. The van der Waals surface area contributed by atoms with Crippen molar-refractivity contribution in [2.24, 2.45) is 0 Å². The van der Waals surface area contributed by atoms with E-state index < -0.39 is 18.0 Å². The molecule has 0 radical (unpaired) electrons. The first kappa shape index (κ1) is 13.5. The SMILES string of the molecule is COC(=O)C1=C(CCl)NC(=O)NC1c1ccc(C)o1. The number of nitrogens with one attached hydrogen (secondary N) is 2. The van der Waals surface area contributed by atoms with Gasteiger partial charge in [-0.3, -0.25) is 0 Å². The molecule has 1 aromatic heterocycles. The number of halogens is 1. The van der Waals surface area contributed by atoms with E-state index in [-0.39, 0.29) is 11.5 Å². The average Bonchev–Trinajstić information content (AvgIpc) is 2.83. The number of urea groups is 1. The molecule has 2 rings (SSSR count). The lowest BCUT2D eigenvalue weighted by molar-refractivity contribution is -0.136. The maximum atomic E-state index is 11.9. The van der Waals surface area contributed by atoms with Crippen molar-refractivity contribution in [3.05, 3.63) is 34.9 Å². The van der Waals surface area contributed by atoms with Crippen molar-refractivity contribution in [3.63, 3.8) is 0 Å². The Balaban J connectivity index is 2.49. The van der Waals surface area contributed by atoms with E-state index >= 15 is 0 Å². The zero-order chi connectivity index (χ0) is 14.0. The maximum absolute atomic E-state index is 11.9. The van der Waals surface area contributed by atoms with Crippen molar-refractivity contribution < 1.29 is 18.7 Å². The molecule has 2 heterocycles. The first-order valence-corrected chi connectivity index (χ1v) is 6.11. The van der Waals surface area contributed by atoms with E-state index in [0.29, 0.717) is 17.2 Å². The average molecular weight is 285 g/mol. The molecule has 0 aromatic carbocycles. The molecule has 6 nitrogen and oxygen atoms in total. The van der Waals surface area contributed by atoms with Crippen LogP contribution in [0.5, 0.6) is 0 Å². The molecule has 1 aliphatic rings. The van der Waals surface area contributed by atoms with Gasteiger partial charge in [-0.2, -0.15) is 0 Å². The highest BCUT2D eigenvalue weighted by molar-refractivity contribution is 6.20. The van der Waals surface area contributed by atoms with Crippen LogP contribution in [0.4, 0.5) is 4.79 Å². The van der Waals surface area contributed by atoms with Crippen LogP contribution in [0.2, 0.25) is 0 Å². The van der Waals surface area contributed by atoms with Crippen LogP contribution in [-0.4, -0.2) is 25.0 Å². The summed E-state index contributed by atoms with van der Waals surface area (Å²) in [5.74, 6) is 0.561. The molecular formula is C12H13ClN2O4. The summed E-state index contributed by atoms with van der Waals surface area (Å²) in [4.78, 5) is 23.4. The summed E-state index contributed by atoms with van der Waals surface area (Å²) in [6.45, 7) is 1.77. The Morgan fingerprint density at radius 1 is 1.53 bits per heavy atom. The van der Waals surface area contributed by atoms with Gasteiger partial charge in [0.2, 0.25) is 0 Å². The van der Waals surface area contributed by atoms with Crippen molar-refractivity contribution in [2.45, 2.75) is 13.0 Å². The van der Waals surface area contributed by atoms with Crippen molar-refractivity contribution in [2.75, 3.05) is 13.0 Å². The van der Waals surface area contributed by atoms with Gasteiger partial charge in [0, 0.05) is 5.70 Å². The fourth-order valence-corrected chi connectivity index (χ4v) is 2.11. The second kappa shape index (κ2) is 5.36. The molecule has 2 N–H and O–H groups in total. The third-order valence-corrected chi connectivity index (χ3v) is 3.01. The number of furan rings is 1. The lowest BCUT2D eigenvalue weighted by atomic mass is 10.0. The van der Waals surface area contributed by atoms with E-state index in [1.165, 1.54) is 7.11 Å². The van der Waals surface area contributed by atoms with Crippen molar-refractivity contribution in [1.82, 2.24) is 10.6 Å². The van der Waals surface area contributed by atoms with Gasteiger partial charge in [-0.1, -0.05) is 0 Å². The van der Waals surface area contributed by atoms with E-state index in [2.05, 4.69) is 10.6 Å². The molecule has 1 aliphatic heterocycles. The van der Waals surface area contributed by atoms with E-state index in [1.54, 1.807) is 19.1 Å². The monoisotopic (exact) mass is 284 g/mol. The molecule has 0 spiro atoms. The number of allylic oxidation sites excluding steroid dienone is 1. The topological polar surface area (TPSA) is 80.6 Å². The summed E-state index contributed by atoms with van der Waals surface area (Å²) in [7, 11) is 1.27. The molecule has 19 heavy (non-hydrogen) atoms. The molecule has 0 saturated carbocycles. The van der Waals surface area contributed by atoms with Gasteiger partial charge in [-0.25, -0.2) is 9.59 Å². The number of carbonyl (C=O) groups is 2. The first-order valence-electron chi connectivity index (χ1n) is 5.58. The van der Waals surface area contributed by atoms with Crippen LogP contribution in [0, 0.1) is 6.92 Å². The Bertz CT molecular complexity index is 550. The lowest BCUT2D eigenvalue weighted by Crippen LogP contribution is -2.46. The quantitative estimate of drug-likeness (QED) is 0.653. The van der Waals surface area contributed by atoms with E-state index in [4.69, 9.17) is 20.8 Å². The number of hydrogen-bond acceptors (Lipinski definition) is 4. The number of methoxy groups -OCH3 is 1. The Morgan fingerprint density at radius 3 is 2.79 bits per heavy atom. The molecule has 0 aliphatic carbocycles. The highest BCUT2D eigenvalue weighted by Crippen LogP contribution is 2.29. The highest BCUT2D eigenvalue weighted by Gasteiger charge is 2.34. The largest absolute Gasteiger partial charge is 0.466 e.